The number of amides is 2. The summed E-state index contributed by atoms with van der Waals surface area (Å²) in [5.41, 5.74) is 4.69. The van der Waals surface area contributed by atoms with Gasteiger partial charge in [0.05, 0.1) is 17.9 Å². The van der Waals surface area contributed by atoms with E-state index in [1.807, 2.05) is 36.4 Å². The number of fused-ring (bicyclic) bond motifs is 3. The first-order valence-corrected chi connectivity index (χ1v) is 12.3. The van der Waals surface area contributed by atoms with E-state index in [9.17, 15) is 14.4 Å². The molecule has 3 N–H and O–H groups in total. The van der Waals surface area contributed by atoms with Crippen molar-refractivity contribution in [3.8, 4) is 11.1 Å². The van der Waals surface area contributed by atoms with Crippen LogP contribution in [0.3, 0.4) is 0 Å². The number of hydrogen-bond donors (Lipinski definition) is 3. The molecule has 0 radical (unpaired) electrons. The summed E-state index contributed by atoms with van der Waals surface area (Å²) >= 11 is 0. The quantitative estimate of drug-likeness (QED) is 0.544. The molecule has 1 saturated carbocycles. The Hall–Kier alpha value is -3.61. The van der Waals surface area contributed by atoms with Crippen molar-refractivity contribution in [1.82, 2.24) is 10.6 Å². The monoisotopic (exact) mass is 474 g/mol. The van der Waals surface area contributed by atoms with E-state index < -0.39 is 12.1 Å². The molecule has 0 spiro atoms. The fraction of sp³-hybridized carbons (Fsp3) is 0.393. The van der Waals surface area contributed by atoms with Gasteiger partial charge in [0, 0.05) is 12.0 Å². The Morgan fingerprint density at radius 1 is 0.857 bits per heavy atom. The predicted octanol–water partition coefficient (Wildman–Crippen LogP) is 4.23. The summed E-state index contributed by atoms with van der Waals surface area (Å²) in [5.74, 6) is -1.44. The van der Waals surface area contributed by atoms with E-state index in [4.69, 9.17) is 9.84 Å². The zero-order chi connectivity index (χ0) is 24.4. The molecule has 5 rings (SSSR count). The minimum Gasteiger partial charge on any atom is -0.481 e. The van der Waals surface area contributed by atoms with Crippen LogP contribution >= 0.6 is 0 Å². The van der Waals surface area contributed by atoms with Crippen molar-refractivity contribution < 1.29 is 24.2 Å². The zero-order valence-corrected chi connectivity index (χ0v) is 19.5. The molecule has 0 aliphatic heterocycles. The molecule has 35 heavy (non-hydrogen) atoms. The number of rotatable bonds is 6. The molecular weight excluding hydrogens is 444 g/mol. The molecule has 182 valence electrons. The van der Waals surface area contributed by atoms with Gasteiger partial charge in [-0.3, -0.25) is 9.59 Å². The lowest BCUT2D eigenvalue weighted by Gasteiger charge is -2.27. The second-order valence-electron chi connectivity index (χ2n) is 9.70. The number of nitrogens with one attached hydrogen (secondary N) is 2. The van der Waals surface area contributed by atoms with E-state index in [2.05, 4.69) is 34.9 Å². The third-order valence-corrected chi connectivity index (χ3v) is 7.49. The average molecular weight is 475 g/mol. The number of carboxylic acid groups (broad SMARTS) is 1. The van der Waals surface area contributed by atoms with E-state index in [1.165, 1.54) is 11.1 Å². The van der Waals surface area contributed by atoms with Gasteiger partial charge in [-0.2, -0.15) is 0 Å². The maximum absolute atomic E-state index is 12.7. The number of aliphatic carboxylic acids is 1. The fourth-order valence-electron chi connectivity index (χ4n) is 5.58. The molecule has 3 aliphatic rings. The van der Waals surface area contributed by atoms with Crippen LogP contribution in [0.4, 0.5) is 4.79 Å². The molecule has 2 atom stereocenters. The second kappa shape index (κ2) is 9.94. The zero-order valence-electron chi connectivity index (χ0n) is 19.5. The first kappa shape index (κ1) is 23.1. The van der Waals surface area contributed by atoms with E-state index in [-0.39, 0.29) is 42.4 Å². The van der Waals surface area contributed by atoms with Crippen LogP contribution in [0.25, 0.3) is 11.1 Å². The minimum absolute atomic E-state index is 0.00187. The van der Waals surface area contributed by atoms with Gasteiger partial charge in [0.25, 0.3) is 0 Å². The summed E-state index contributed by atoms with van der Waals surface area (Å²) in [6.45, 7) is 0.249. The average Bonchev–Trinajstić information content (AvgIpc) is 3.46. The Morgan fingerprint density at radius 3 is 2.11 bits per heavy atom. The van der Waals surface area contributed by atoms with Crippen molar-refractivity contribution in [1.29, 1.82) is 0 Å². The SMILES string of the molecule is O=C(NC1C=CC(C(=O)NC2CCC(C(=O)O)CC2)C1)OCC1c2ccccc2-c2ccccc21. The maximum atomic E-state index is 12.7. The molecule has 2 unspecified atom stereocenters. The Kier molecular flexibility index (Phi) is 6.57. The smallest absolute Gasteiger partial charge is 0.407 e. The third-order valence-electron chi connectivity index (χ3n) is 7.49. The van der Waals surface area contributed by atoms with Crippen LogP contribution in [-0.2, 0) is 14.3 Å². The Bertz CT molecular complexity index is 1110. The highest BCUT2D eigenvalue weighted by molar-refractivity contribution is 5.82. The largest absolute Gasteiger partial charge is 0.481 e. The van der Waals surface area contributed by atoms with Gasteiger partial charge in [0.15, 0.2) is 0 Å². The molecule has 3 aliphatic carbocycles. The summed E-state index contributed by atoms with van der Waals surface area (Å²) in [6.07, 6.45) is 6.20. The van der Waals surface area contributed by atoms with Crippen LogP contribution in [0, 0.1) is 11.8 Å². The summed E-state index contributed by atoms with van der Waals surface area (Å²) in [5, 5.41) is 15.0. The number of alkyl carbamates (subject to hydrolysis) is 1. The van der Waals surface area contributed by atoms with Gasteiger partial charge in [-0.05, 0) is 54.4 Å². The molecule has 7 nitrogen and oxygen atoms in total. The number of ether oxygens (including phenoxy) is 1. The van der Waals surface area contributed by atoms with Crippen molar-refractivity contribution in [2.24, 2.45) is 11.8 Å². The van der Waals surface area contributed by atoms with Crippen LogP contribution in [0.1, 0.15) is 49.1 Å². The summed E-state index contributed by atoms with van der Waals surface area (Å²) in [7, 11) is 0. The highest BCUT2D eigenvalue weighted by Gasteiger charge is 2.32. The summed E-state index contributed by atoms with van der Waals surface area (Å²) in [4.78, 5) is 36.3. The standard InChI is InChI=1S/C28H30N2O5/c31-26(29-19-12-9-17(10-13-19)27(32)33)18-11-14-20(15-18)30-28(34)35-16-25-23-7-3-1-5-21(23)22-6-2-4-8-24(22)25/h1-8,11,14,17-20,25H,9-10,12-13,15-16H2,(H,29,31)(H,30,34)(H,32,33). The van der Waals surface area contributed by atoms with Gasteiger partial charge in [0.2, 0.25) is 5.91 Å². The normalized spacial score (nSPS) is 24.9. The maximum Gasteiger partial charge on any atom is 0.407 e. The van der Waals surface area contributed by atoms with Crippen LogP contribution in [0.2, 0.25) is 0 Å². The van der Waals surface area contributed by atoms with Crippen LogP contribution in [0.15, 0.2) is 60.7 Å². The minimum atomic E-state index is -0.754. The van der Waals surface area contributed by atoms with Gasteiger partial charge >= 0.3 is 12.1 Å². The molecule has 2 aromatic carbocycles. The molecule has 0 saturated heterocycles. The Balaban J connectivity index is 1.09. The van der Waals surface area contributed by atoms with Gasteiger partial charge in [0.1, 0.15) is 6.61 Å². The van der Waals surface area contributed by atoms with Gasteiger partial charge in [-0.1, -0.05) is 60.7 Å². The van der Waals surface area contributed by atoms with E-state index >= 15 is 0 Å². The van der Waals surface area contributed by atoms with Crippen LogP contribution in [-0.4, -0.2) is 41.8 Å². The molecular formula is C28H30N2O5. The van der Waals surface area contributed by atoms with Crippen molar-refractivity contribution in [3.63, 3.8) is 0 Å². The molecule has 1 fully saturated rings. The van der Waals surface area contributed by atoms with E-state index in [0.717, 1.165) is 11.1 Å². The molecule has 0 heterocycles. The number of carbonyl (C=O) groups is 3. The van der Waals surface area contributed by atoms with Crippen molar-refractivity contribution in [2.75, 3.05) is 6.61 Å². The lowest BCUT2D eigenvalue weighted by molar-refractivity contribution is -0.142. The van der Waals surface area contributed by atoms with Gasteiger partial charge in [-0.25, -0.2) is 4.79 Å². The molecule has 0 bridgehead atoms. The van der Waals surface area contributed by atoms with E-state index in [1.54, 1.807) is 0 Å². The fourth-order valence-corrected chi connectivity index (χ4v) is 5.58. The summed E-state index contributed by atoms with van der Waals surface area (Å²) < 4.78 is 5.62. The lowest BCUT2D eigenvalue weighted by Crippen LogP contribution is -2.42. The second-order valence-corrected chi connectivity index (χ2v) is 9.70. The van der Waals surface area contributed by atoms with Crippen molar-refractivity contribution in [3.05, 3.63) is 71.8 Å². The van der Waals surface area contributed by atoms with Gasteiger partial charge in [-0.15, -0.1) is 0 Å². The Morgan fingerprint density at radius 2 is 1.49 bits per heavy atom. The van der Waals surface area contributed by atoms with Gasteiger partial charge < -0.3 is 20.5 Å². The number of carboxylic acids is 1. The molecule has 7 heteroatoms. The highest BCUT2D eigenvalue weighted by atomic mass is 16.5. The Labute approximate surface area is 204 Å². The number of hydrogen-bond acceptors (Lipinski definition) is 4. The molecule has 2 aromatic rings. The number of benzene rings is 2. The molecule has 0 aromatic heterocycles. The van der Waals surface area contributed by atoms with Crippen LogP contribution in [0.5, 0.6) is 0 Å². The van der Waals surface area contributed by atoms with Crippen molar-refractivity contribution in [2.45, 2.75) is 50.1 Å². The topological polar surface area (TPSA) is 105 Å². The highest BCUT2D eigenvalue weighted by Crippen LogP contribution is 2.44. The third kappa shape index (κ3) is 4.94. The molecule has 2 amide bonds. The van der Waals surface area contributed by atoms with Crippen LogP contribution < -0.4 is 10.6 Å². The lowest BCUT2D eigenvalue weighted by atomic mass is 9.86. The number of carbonyl (C=O) groups excluding carboxylic acids is 2. The van der Waals surface area contributed by atoms with Crippen molar-refractivity contribution >= 4 is 18.0 Å². The first-order chi connectivity index (χ1) is 17.0. The predicted molar refractivity (Wildman–Crippen MR) is 131 cm³/mol. The van der Waals surface area contributed by atoms with E-state index in [0.29, 0.717) is 32.1 Å². The first-order valence-electron chi connectivity index (χ1n) is 12.3. The summed E-state index contributed by atoms with van der Waals surface area (Å²) in [6, 6.07) is 16.2.